The van der Waals surface area contributed by atoms with Crippen molar-refractivity contribution in [2.75, 3.05) is 6.61 Å². The predicted molar refractivity (Wildman–Crippen MR) is 132 cm³/mol. The minimum absolute atomic E-state index is 0. The Bertz CT molecular complexity index is 872. The third kappa shape index (κ3) is 5.03. The zero-order valence-electron chi connectivity index (χ0n) is 18.4. The van der Waals surface area contributed by atoms with E-state index < -0.39 is 11.1 Å². The summed E-state index contributed by atoms with van der Waals surface area (Å²) in [6, 6.07) is 31.9. The number of aryl methyl sites for hydroxylation is 1. The highest BCUT2D eigenvalue weighted by Crippen LogP contribution is 2.50. The highest BCUT2D eigenvalue weighted by molar-refractivity contribution is 5.85. The molecule has 0 aromatic heterocycles. The molecule has 1 atom stereocenters. The van der Waals surface area contributed by atoms with E-state index in [1.165, 1.54) is 18.4 Å². The molecule has 0 saturated heterocycles. The number of ether oxygens (including phenoxy) is 1. The minimum atomic E-state index is -0.679. The van der Waals surface area contributed by atoms with E-state index in [4.69, 9.17) is 10.5 Å². The first-order valence-corrected chi connectivity index (χ1v) is 11.3. The second-order valence-corrected chi connectivity index (χ2v) is 8.64. The van der Waals surface area contributed by atoms with Gasteiger partial charge in [-0.3, -0.25) is 0 Å². The Morgan fingerprint density at radius 3 is 1.74 bits per heavy atom. The standard InChI is InChI=1S/C28H33NO.ClH/c1-2-30-28(25-14-8-4-9-15-25,26-16-10-5-11-17-26)27(29,22-24-18-19-24)21-20-23-12-6-3-7-13-23;/h3-17,24H,2,18-22,29H2,1H3;1H. The van der Waals surface area contributed by atoms with E-state index in [2.05, 4.69) is 97.9 Å². The van der Waals surface area contributed by atoms with Crippen LogP contribution in [-0.2, 0) is 16.8 Å². The molecule has 0 heterocycles. The van der Waals surface area contributed by atoms with Crippen LogP contribution in [0.4, 0.5) is 0 Å². The normalized spacial score (nSPS) is 15.7. The summed E-state index contributed by atoms with van der Waals surface area (Å²) in [5, 5.41) is 0. The molecular weight excluding hydrogens is 402 g/mol. The van der Waals surface area contributed by atoms with Crippen LogP contribution >= 0.6 is 12.4 Å². The molecule has 0 bridgehead atoms. The Labute approximate surface area is 193 Å². The number of nitrogens with two attached hydrogens (primary N) is 1. The van der Waals surface area contributed by atoms with Crippen molar-refractivity contribution in [1.82, 2.24) is 0 Å². The average molecular weight is 436 g/mol. The van der Waals surface area contributed by atoms with Crippen molar-refractivity contribution in [3.05, 3.63) is 108 Å². The van der Waals surface area contributed by atoms with Crippen molar-refractivity contribution in [3.8, 4) is 0 Å². The van der Waals surface area contributed by atoms with Gasteiger partial charge in [-0.05, 0) is 48.8 Å². The lowest BCUT2D eigenvalue weighted by Crippen LogP contribution is -2.61. The van der Waals surface area contributed by atoms with Crippen LogP contribution in [0, 0.1) is 5.92 Å². The molecule has 0 amide bonds. The largest absolute Gasteiger partial charge is 0.364 e. The van der Waals surface area contributed by atoms with Crippen LogP contribution in [0.2, 0.25) is 0 Å². The molecule has 0 aliphatic heterocycles. The molecule has 1 aliphatic carbocycles. The third-order valence-corrected chi connectivity index (χ3v) is 6.48. The molecule has 1 unspecified atom stereocenters. The molecule has 164 valence electrons. The van der Waals surface area contributed by atoms with E-state index in [9.17, 15) is 0 Å². The van der Waals surface area contributed by atoms with Gasteiger partial charge in [-0.25, -0.2) is 0 Å². The molecule has 0 radical (unpaired) electrons. The van der Waals surface area contributed by atoms with E-state index in [1.54, 1.807) is 0 Å². The summed E-state index contributed by atoms with van der Waals surface area (Å²) in [4.78, 5) is 0. The molecule has 0 spiro atoms. The van der Waals surface area contributed by atoms with Crippen LogP contribution in [0.15, 0.2) is 91.0 Å². The van der Waals surface area contributed by atoms with Gasteiger partial charge in [0.15, 0.2) is 0 Å². The molecule has 3 aromatic carbocycles. The van der Waals surface area contributed by atoms with Gasteiger partial charge >= 0.3 is 0 Å². The summed E-state index contributed by atoms with van der Waals surface area (Å²) in [6.07, 6.45) is 5.34. The molecule has 2 N–H and O–H groups in total. The van der Waals surface area contributed by atoms with Gasteiger partial charge in [-0.1, -0.05) is 104 Å². The quantitative estimate of drug-likeness (QED) is 0.393. The van der Waals surface area contributed by atoms with Crippen LogP contribution in [0.3, 0.4) is 0 Å². The second-order valence-electron chi connectivity index (χ2n) is 8.64. The van der Waals surface area contributed by atoms with E-state index >= 15 is 0 Å². The highest BCUT2D eigenvalue weighted by Gasteiger charge is 2.53. The summed E-state index contributed by atoms with van der Waals surface area (Å²) in [7, 11) is 0. The number of hydrogen-bond acceptors (Lipinski definition) is 2. The first-order chi connectivity index (χ1) is 14.7. The van der Waals surface area contributed by atoms with Gasteiger partial charge in [0.05, 0.1) is 5.54 Å². The van der Waals surface area contributed by atoms with Gasteiger partial charge in [-0.15, -0.1) is 12.4 Å². The molecule has 1 aliphatic rings. The molecule has 3 heteroatoms. The van der Waals surface area contributed by atoms with Gasteiger partial charge < -0.3 is 10.5 Å². The van der Waals surface area contributed by atoms with Gasteiger partial charge in [0.25, 0.3) is 0 Å². The first-order valence-electron chi connectivity index (χ1n) is 11.3. The Morgan fingerprint density at radius 2 is 1.29 bits per heavy atom. The van der Waals surface area contributed by atoms with Crippen LogP contribution in [0.1, 0.15) is 49.3 Å². The van der Waals surface area contributed by atoms with Crippen molar-refractivity contribution in [1.29, 1.82) is 0 Å². The van der Waals surface area contributed by atoms with E-state index in [-0.39, 0.29) is 12.4 Å². The van der Waals surface area contributed by atoms with Gasteiger partial charge in [0.2, 0.25) is 0 Å². The Balaban J connectivity index is 0.00000272. The zero-order valence-corrected chi connectivity index (χ0v) is 19.2. The summed E-state index contributed by atoms with van der Waals surface area (Å²) >= 11 is 0. The molecule has 2 nitrogen and oxygen atoms in total. The second kappa shape index (κ2) is 10.5. The van der Waals surface area contributed by atoms with Crippen molar-refractivity contribution >= 4 is 12.4 Å². The lowest BCUT2D eigenvalue weighted by Gasteiger charge is -2.49. The van der Waals surface area contributed by atoms with Gasteiger partial charge in [0.1, 0.15) is 5.60 Å². The van der Waals surface area contributed by atoms with Crippen molar-refractivity contribution in [2.24, 2.45) is 11.7 Å². The Morgan fingerprint density at radius 1 is 0.806 bits per heavy atom. The maximum atomic E-state index is 7.49. The minimum Gasteiger partial charge on any atom is -0.364 e. The first kappa shape index (κ1) is 23.5. The monoisotopic (exact) mass is 435 g/mol. The van der Waals surface area contributed by atoms with Crippen molar-refractivity contribution < 1.29 is 4.74 Å². The molecule has 1 fully saturated rings. The fourth-order valence-corrected chi connectivity index (χ4v) is 4.89. The lowest BCUT2D eigenvalue weighted by atomic mass is 9.66. The van der Waals surface area contributed by atoms with Crippen LogP contribution in [-0.4, -0.2) is 12.1 Å². The van der Waals surface area contributed by atoms with Crippen LogP contribution in [0.5, 0.6) is 0 Å². The number of benzene rings is 3. The molecule has 3 aromatic rings. The van der Waals surface area contributed by atoms with E-state index in [1.807, 2.05) is 0 Å². The lowest BCUT2D eigenvalue weighted by molar-refractivity contribution is -0.0775. The smallest absolute Gasteiger partial charge is 0.136 e. The molecule has 1 saturated carbocycles. The SMILES string of the molecule is CCOC(c1ccccc1)(c1ccccc1)C(N)(CCc1ccccc1)CC1CC1.Cl. The van der Waals surface area contributed by atoms with Gasteiger partial charge in [-0.2, -0.15) is 0 Å². The molecule has 4 rings (SSSR count). The third-order valence-electron chi connectivity index (χ3n) is 6.48. The Hall–Kier alpha value is -2.13. The maximum absolute atomic E-state index is 7.49. The highest BCUT2D eigenvalue weighted by atomic mass is 35.5. The summed E-state index contributed by atoms with van der Waals surface area (Å²) < 4.78 is 6.76. The molecule has 31 heavy (non-hydrogen) atoms. The van der Waals surface area contributed by atoms with E-state index in [0.29, 0.717) is 12.5 Å². The summed E-state index contributed by atoms with van der Waals surface area (Å²) in [5.41, 5.74) is 9.92. The van der Waals surface area contributed by atoms with Crippen molar-refractivity contribution in [2.45, 2.75) is 50.2 Å². The number of rotatable bonds is 10. The number of hydrogen-bond donors (Lipinski definition) is 1. The fraction of sp³-hybridized carbons (Fsp3) is 0.357. The van der Waals surface area contributed by atoms with Gasteiger partial charge in [0, 0.05) is 6.61 Å². The predicted octanol–water partition coefficient (Wildman–Crippen LogP) is 6.52. The Kier molecular flexibility index (Phi) is 7.94. The summed E-state index contributed by atoms with van der Waals surface area (Å²) in [6.45, 7) is 2.69. The number of halogens is 1. The van der Waals surface area contributed by atoms with Crippen LogP contribution in [0.25, 0.3) is 0 Å². The van der Waals surface area contributed by atoms with Crippen molar-refractivity contribution in [3.63, 3.8) is 0 Å². The molecular formula is C28H34ClNO. The average Bonchev–Trinajstić information content (AvgIpc) is 3.62. The zero-order chi connectivity index (χ0) is 20.9. The topological polar surface area (TPSA) is 35.2 Å². The van der Waals surface area contributed by atoms with E-state index in [0.717, 1.165) is 30.4 Å². The van der Waals surface area contributed by atoms with Crippen LogP contribution < -0.4 is 5.73 Å². The maximum Gasteiger partial charge on any atom is 0.136 e. The fourth-order valence-electron chi connectivity index (χ4n) is 4.89. The summed E-state index contributed by atoms with van der Waals surface area (Å²) in [5.74, 6) is 0.693.